The van der Waals surface area contributed by atoms with E-state index in [1.165, 1.54) is 0 Å². The molecule has 1 aliphatic rings. The van der Waals surface area contributed by atoms with Gasteiger partial charge in [-0.3, -0.25) is 0 Å². The van der Waals surface area contributed by atoms with Gasteiger partial charge in [-0.2, -0.15) is 0 Å². The van der Waals surface area contributed by atoms with Gasteiger partial charge in [0.05, 0.1) is 6.61 Å². The first-order valence-electron chi connectivity index (χ1n) is 7.69. The van der Waals surface area contributed by atoms with E-state index < -0.39 is 5.54 Å². The third-order valence-corrected chi connectivity index (χ3v) is 4.73. The normalized spacial score (nSPS) is 29.0. The molecule has 1 N–H and O–H groups in total. The van der Waals surface area contributed by atoms with Crippen molar-refractivity contribution in [3.8, 4) is 0 Å². The van der Waals surface area contributed by atoms with Crippen molar-refractivity contribution in [2.24, 2.45) is 11.8 Å². The molecule has 3 nitrogen and oxygen atoms in total. The first-order valence-corrected chi connectivity index (χ1v) is 8.06. The van der Waals surface area contributed by atoms with Crippen LogP contribution in [0.15, 0.2) is 24.3 Å². The summed E-state index contributed by atoms with van der Waals surface area (Å²) >= 11 is 5.93. The van der Waals surface area contributed by atoms with E-state index in [2.05, 4.69) is 19.2 Å². The Morgan fingerprint density at radius 1 is 1.38 bits per heavy atom. The van der Waals surface area contributed by atoms with Gasteiger partial charge in [0.25, 0.3) is 0 Å². The minimum Gasteiger partial charge on any atom is -0.464 e. The van der Waals surface area contributed by atoms with Gasteiger partial charge < -0.3 is 10.1 Å². The predicted octanol–water partition coefficient (Wildman–Crippen LogP) is 4.51. The average molecular weight is 310 g/mol. The smallest absolute Gasteiger partial charge is 0.332 e. The van der Waals surface area contributed by atoms with Crippen LogP contribution in [0.5, 0.6) is 0 Å². The van der Waals surface area contributed by atoms with Crippen LogP contribution in [-0.2, 0) is 9.53 Å². The number of halogens is 1. The molecule has 1 aromatic rings. The van der Waals surface area contributed by atoms with E-state index in [4.69, 9.17) is 16.3 Å². The van der Waals surface area contributed by atoms with Gasteiger partial charge >= 0.3 is 5.97 Å². The molecule has 4 heteroatoms. The van der Waals surface area contributed by atoms with Crippen LogP contribution in [0.1, 0.15) is 40.0 Å². The fourth-order valence-electron chi connectivity index (χ4n) is 3.23. The van der Waals surface area contributed by atoms with Crippen molar-refractivity contribution >= 4 is 23.3 Å². The largest absolute Gasteiger partial charge is 0.464 e. The Kier molecular flexibility index (Phi) is 5.15. The number of ether oxygens (including phenoxy) is 1. The maximum atomic E-state index is 12.6. The quantitative estimate of drug-likeness (QED) is 0.832. The first-order chi connectivity index (χ1) is 9.98. The highest BCUT2D eigenvalue weighted by atomic mass is 35.5. The summed E-state index contributed by atoms with van der Waals surface area (Å²) in [5.74, 6) is 0.741. The van der Waals surface area contributed by atoms with E-state index in [0.717, 1.165) is 24.9 Å². The van der Waals surface area contributed by atoms with Crippen molar-refractivity contribution in [1.29, 1.82) is 0 Å². The van der Waals surface area contributed by atoms with Crippen LogP contribution in [0.4, 0.5) is 5.69 Å². The highest BCUT2D eigenvalue weighted by molar-refractivity contribution is 6.30. The molecular weight excluding hydrogens is 286 g/mol. The molecular formula is C17H24ClNO2. The Labute approximate surface area is 132 Å². The van der Waals surface area contributed by atoms with Crippen molar-refractivity contribution in [2.75, 3.05) is 11.9 Å². The second kappa shape index (κ2) is 6.69. The number of anilines is 1. The highest BCUT2D eigenvalue weighted by Gasteiger charge is 2.47. The van der Waals surface area contributed by atoms with Crippen molar-refractivity contribution < 1.29 is 9.53 Å². The SMILES string of the molecule is CCOC(=O)C1(Nc2ccc(Cl)cc2)CCC(C)CC1C. The molecule has 1 fully saturated rings. The van der Waals surface area contributed by atoms with Crippen molar-refractivity contribution in [2.45, 2.75) is 45.6 Å². The van der Waals surface area contributed by atoms with Crippen LogP contribution >= 0.6 is 11.6 Å². The first kappa shape index (κ1) is 16.2. The van der Waals surface area contributed by atoms with Gasteiger partial charge in [0, 0.05) is 10.7 Å². The Morgan fingerprint density at radius 2 is 2.05 bits per heavy atom. The van der Waals surface area contributed by atoms with Crippen molar-refractivity contribution in [1.82, 2.24) is 0 Å². The summed E-state index contributed by atoms with van der Waals surface area (Å²) in [6.45, 7) is 6.64. The maximum Gasteiger partial charge on any atom is 0.332 e. The number of carbonyl (C=O) groups excluding carboxylic acids is 1. The lowest BCUT2D eigenvalue weighted by atomic mass is 9.69. The Morgan fingerprint density at radius 3 is 2.62 bits per heavy atom. The van der Waals surface area contributed by atoms with Crippen LogP contribution in [0.3, 0.4) is 0 Å². The van der Waals surface area contributed by atoms with Gasteiger partial charge in [-0.25, -0.2) is 4.79 Å². The van der Waals surface area contributed by atoms with Crippen molar-refractivity contribution in [3.05, 3.63) is 29.3 Å². The molecule has 0 bridgehead atoms. The molecule has 1 aromatic carbocycles. The molecule has 0 heterocycles. The summed E-state index contributed by atoms with van der Waals surface area (Å²) in [7, 11) is 0. The zero-order valence-corrected chi connectivity index (χ0v) is 13.7. The van der Waals surface area contributed by atoms with Crippen LogP contribution in [-0.4, -0.2) is 18.1 Å². The van der Waals surface area contributed by atoms with Gasteiger partial charge in [0.1, 0.15) is 5.54 Å². The van der Waals surface area contributed by atoms with Gasteiger partial charge in [-0.05, 0) is 62.3 Å². The van der Waals surface area contributed by atoms with E-state index in [9.17, 15) is 4.79 Å². The molecule has 2 rings (SSSR count). The summed E-state index contributed by atoms with van der Waals surface area (Å²) in [5, 5.41) is 4.13. The maximum absolute atomic E-state index is 12.6. The lowest BCUT2D eigenvalue weighted by molar-refractivity contribution is -0.152. The third kappa shape index (κ3) is 3.52. The Balaban J connectivity index is 2.27. The number of esters is 1. The molecule has 1 saturated carbocycles. The fraction of sp³-hybridized carbons (Fsp3) is 0.588. The zero-order chi connectivity index (χ0) is 15.5. The second-order valence-electron chi connectivity index (χ2n) is 6.10. The number of rotatable bonds is 4. The number of hydrogen-bond acceptors (Lipinski definition) is 3. The number of nitrogens with one attached hydrogen (secondary N) is 1. The molecule has 21 heavy (non-hydrogen) atoms. The standard InChI is InChI=1S/C17H24ClNO2/c1-4-21-16(20)17(10-9-12(2)11-13(17)3)19-15-7-5-14(18)6-8-15/h5-8,12-13,19H,4,9-11H2,1-3H3. The average Bonchev–Trinajstić information content (AvgIpc) is 2.45. The predicted molar refractivity (Wildman–Crippen MR) is 86.6 cm³/mol. The molecule has 116 valence electrons. The Hall–Kier alpha value is -1.22. The minimum absolute atomic E-state index is 0.139. The summed E-state index contributed by atoms with van der Waals surface area (Å²) in [6.07, 6.45) is 2.86. The van der Waals surface area contributed by atoms with Crippen LogP contribution in [0.25, 0.3) is 0 Å². The molecule has 1 aliphatic carbocycles. The van der Waals surface area contributed by atoms with E-state index in [1.807, 2.05) is 31.2 Å². The van der Waals surface area contributed by atoms with Crippen LogP contribution in [0.2, 0.25) is 5.02 Å². The van der Waals surface area contributed by atoms with Gasteiger partial charge in [-0.1, -0.05) is 25.4 Å². The Bertz CT molecular complexity index is 488. The van der Waals surface area contributed by atoms with E-state index in [1.54, 1.807) is 0 Å². The van der Waals surface area contributed by atoms with E-state index >= 15 is 0 Å². The number of hydrogen-bond donors (Lipinski definition) is 1. The van der Waals surface area contributed by atoms with Gasteiger partial charge in [-0.15, -0.1) is 0 Å². The lowest BCUT2D eigenvalue weighted by Gasteiger charge is -2.43. The summed E-state index contributed by atoms with van der Waals surface area (Å²) in [4.78, 5) is 12.6. The third-order valence-electron chi connectivity index (χ3n) is 4.48. The van der Waals surface area contributed by atoms with Gasteiger partial charge in [0.2, 0.25) is 0 Å². The molecule has 3 unspecified atom stereocenters. The van der Waals surface area contributed by atoms with Crippen molar-refractivity contribution in [3.63, 3.8) is 0 Å². The molecule has 3 atom stereocenters. The topological polar surface area (TPSA) is 38.3 Å². The van der Waals surface area contributed by atoms with E-state index in [0.29, 0.717) is 17.5 Å². The molecule has 0 aliphatic heterocycles. The lowest BCUT2D eigenvalue weighted by Crippen LogP contribution is -2.55. The fourth-order valence-corrected chi connectivity index (χ4v) is 3.36. The van der Waals surface area contributed by atoms with Gasteiger partial charge in [0.15, 0.2) is 0 Å². The summed E-state index contributed by atoms with van der Waals surface area (Å²) in [6, 6.07) is 7.49. The summed E-state index contributed by atoms with van der Waals surface area (Å²) in [5.41, 5.74) is 0.282. The van der Waals surface area contributed by atoms with Crippen LogP contribution < -0.4 is 5.32 Å². The minimum atomic E-state index is -0.629. The number of carbonyl (C=O) groups is 1. The van der Waals surface area contributed by atoms with E-state index in [-0.39, 0.29) is 11.9 Å². The zero-order valence-electron chi connectivity index (χ0n) is 13.0. The highest BCUT2D eigenvalue weighted by Crippen LogP contribution is 2.40. The molecule has 0 saturated heterocycles. The number of benzene rings is 1. The second-order valence-corrected chi connectivity index (χ2v) is 6.54. The monoisotopic (exact) mass is 309 g/mol. The molecule has 0 aromatic heterocycles. The molecule has 0 radical (unpaired) electrons. The molecule has 0 amide bonds. The summed E-state index contributed by atoms with van der Waals surface area (Å²) < 4.78 is 5.36. The van der Waals surface area contributed by atoms with Crippen LogP contribution in [0, 0.1) is 11.8 Å². The molecule has 0 spiro atoms.